The highest BCUT2D eigenvalue weighted by Gasteiger charge is 2.06. The summed E-state index contributed by atoms with van der Waals surface area (Å²) in [6.07, 6.45) is 1.69. The van der Waals surface area contributed by atoms with Crippen LogP contribution in [-0.4, -0.2) is 16.6 Å². The van der Waals surface area contributed by atoms with Gasteiger partial charge in [0.15, 0.2) is 0 Å². The summed E-state index contributed by atoms with van der Waals surface area (Å²) in [6, 6.07) is 12.5. The number of amides is 1. The molecule has 0 saturated carbocycles. The summed E-state index contributed by atoms with van der Waals surface area (Å²) < 4.78 is 0.871. The zero-order chi connectivity index (χ0) is 14.4. The Hall–Kier alpha value is -1.84. The molecule has 1 aromatic carbocycles. The average molecular weight is 348 g/mol. The number of hydrogen-bond acceptors (Lipinski definition) is 4. The van der Waals surface area contributed by atoms with Gasteiger partial charge < -0.3 is 5.32 Å². The van der Waals surface area contributed by atoms with Crippen LogP contribution in [0.15, 0.2) is 52.1 Å². The van der Waals surface area contributed by atoms with Crippen molar-refractivity contribution in [2.45, 2.75) is 5.03 Å². The molecule has 1 N–H and O–H groups in total. The van der Waals surface area contributed by atoms with E-state index in [4.69, 9.17) is 5.26 Å². The van der Waals surface area contributed by atoms with E-state index >= 15 is 0 Å². The van der Waals surface area contributed by atoms with Crippen LogP contribution in [-0.2, 0) is 4.79 Å². The molecule has 2 rings (SSSR count). The zero-order valence-corrected chi connectivity index (χ0v) is 12.7. The minimum absolute atomic E-state index is 0.114. The van der Waals surface area contributed by atoms with Crippen LogP contribution >= 0.6 is 27.7 Å². The van der Waals surface area contributed by atoms with Crippen LogP contribution in [0.1, 0.15) is 5.56 Å². The molecule has 0 aliphatic carbocycles. The highest BCUT2D eigenvalue weighted by molar-refractivity contribution is 9.10. The van der Waals surface area contributed by atoms with Crippen molar-refractivity contribution in [1.82, 2.24) is 4.98 Å². The van der Waals surface area contributed by atoms with Crippen LogP contribution in [0.25, 0.3) is 0 Å². The van der Waals surface area contributed by atoms with E-state index in [-0.39, 0.29) is 11.7 Å². The second-order valence-electron chi connectivity index (χ2n) is 3.82. The van der Waals surface area contributed by atoms with Crippen molar-refractivity contribution >= 4 is 39.3 Å². The summed E-state index contributed by atoms with van der Waals surface area (Å²) in [7, 11) is 0. The van der Waals surface area contributed by atoms with Crippen molar-refractivity contribution in [1.29, 1.82) is 5.26 Å². The Morgan fingerprint density at radius 3 is 2.75 bits per heavy atom. The number of nitrogens with one attached hydrogen (secondary N) is 1. The lowest BCUT2D eigenvalue weighted by molar-refractivity contribution is -0.113. The van der Waals surface area contributed by atoms with Crippen molar-refractivity contribution in [2.75, 3.05) is 11.1 Å². The topological polar surface area (TPSA) is 65.8 Å². The third kappa shape index (κ3) is 4.08. The van der Waals surface area contributed by atoms with Gasteiger partial charge in [0.25, 0.3) is 0 Å². The molecule has 6 heteroatoms. The third-order valence-electron chi connectivity index (χ3n) is 2.36. The smallest absolute Gasteiger partial charge is 0.234 e. The number of halogens is 1. The number of nitriles is 1. The Morgan fingerprint density at radius 1 is 1.35 bits per heavy atom. The summed E-state index contributed by atoms with van der Waals surface area (Å²) in [6.45, 7) is 0. The van der Waals surface area contributed by atoms with Crippen LogP contribution in [0.3, 0.4) is 0 Å². The number of aromatic nitrogens is 1. The number of carbonyl (C=O) groups is 1. The molecule has 1 amide bonds. The fourth-order valence-corrected chi connectivity index (χ4v) is 2.72. The maximum atomic E-state index is 11.8. The van der Waals surface area contributed by atoms with E-state index in [9.17, 15) is 4.79 Å². The number of anilines is 1. The van der Waals surface area contributed by atoms with Gasteiger partial charge in [-0.3, -0.25) is 4.79 Å². The first kappa shape index (κ1) is 14.6. The number of thioether (sulfide) groups is 1. The molecule has 0 fully saturated rings. The zero-order valence-electron chi connectivity index (χ0n) is 10.3. The van der Waals surface area contributed by atoms with Gasteiger partial charge in [-0.15, -0.1) is 0 Å². The maximum Gasteiger partial charge on any atom is 0.234 e. The maximum absolute atomic E-state index is 11.8. The van der Waals surface area contributed by atoms with Gasteiger partial charge in [-0.2, -0.15) is 5.26 Å². The van der Waals surface area contributed by atoms with Gasteiger partial charge in [0, 0.05) is 16.4 Å². The summed E-state index contributed by atoms with van der Waals surface area (Å²) in [4.78, 5) is 16.0. The molecule has 4 nitrogen and oxygen atoms in total. The number of nitrogens with zero attached hydrogens (tertiary/aromatic N) is 2. The van der Waals surface area contributed by atoms with E-state index in [2.05, 4.69) is 26.2 Å². The number of rotatable bonds is 4. The molecule has 20 heavy (non-hydrogen) atoms. The minimum Gasteiger partial charge on any atom is -0.325 e. The quantitative estimate of drug-likeness (QED) is 0.860. The first-order chi connectivity index (χ1) is 9.69. The lowest BCUT2D eigenvalue weighted by atomic mass is 10.2. The highest BCUT2D eigenvalue weighted by atomic mass is 79.9. The molecule has 0 atom stereocenters. The average Bonchev–Trinajstić information content (AvgIpc) is 2.47. The number of carbonyl (C=O) groups excluding carboxylic acids is 1. The Labute approximate surface area is 129 Å². The molecule has 1 aromatic heterocycles. The fraction of sp³-hybridized carbons (Fsp3) is 0.0714. The summed E-state index contributed by atoms with van der Waals surface area (Å²) in [5.74, 6) is 0.160. The van der Waals surface area contributed by atoms with Crippen molar-refractivity contribution < 1.29 is 4.79 Å². The van der Waals surface area contributed by atoms with Crippen molar-refractivity contribution in [3.8, 4) is 6.07 Å². The van der Waals surface area contributed by atoms with Crippen LogP contribution in [0.5, 0.6) is 0 Å². The molecule has 0 unspecified atom stereocenters. The third-order valence-corrected chi connectivity index (χ3v) is 4.27. The monoisotopic (exact) mass is 347 g/mol. The molecular weight excluding hydrogens is 338 g/mol. The van der Waals surface area contributed by atoms with Gasteiger partial charge in [0.2, 0.25) is 5.91 Å². The summed E-state index contributed by atoms with van der Waals surface area (Å²) >= 11 is 4.74. The van der Waals surface area contributed by atoms with E-state index in [1.807, 2.05) is 18.2 Å². The molecule has 0 radical (unpaired) electrons. The van der Waals surface area contributed by atoms with E-state index in [1.165, 1.54) is 11.8 Å². The molecular formula is C14H10BrN3OS. The number of benzene rings is 1. The van der Waals surface area contributed by atoms with Gasteiger partial charge in [-0.1, -0.05) is 11.8 Å². The van der Waals surface area contributed by atoms with Crippen molar-refractivity contribution in [2.24, 2.45) is 0 Å². The predicted octanol–water partition coefficient (Wildman–Crippen LogP) is 3.45. The second kappa shape index (κ2) is 7.08. The first-order valence-electron chi connectivity index (χ1n) is 5.72. The fourth-order valence-electron chi connectivity index (χ4n) is 1.44. The molecule has 1 heterocycles. The van der Waals surface area contributed by atoms with E-state index in [0.717, 1.165) is 9.50 Å². The molecule has 0 spiro atoms. The highest BCUT2D eigenvalue weighted by Crippen LogP contribution is 2.24. The molecule has 0 saturated heterocycles. The van der Waals surface area contributed by atoms with Gasteiger partial charge >= 0.3 is 0 Å². The summed E-state index contributed by atoms with van der Waals surface area (Å²) in [5, 5.41) is 12.2. The van der Waals surface area contributed by atoms with Gasteiger partial charge in [0.05, 0.1) is 17.4 Å². The van der Waals surface area contributed by atoms with Crippen LogP contribution in [0.4, 0.5) is 5.69 Å². The standard InChI is InChI=1S/C14H10BrN3OS/c15-12-2-1-7-17-14(12)20-9-13(19)18-11-5-3-10(8-16)4-6-11/h1-7H,9H2,(H,18,19). The minimum atomic E-state index is -0.114. The SMILES string of the molecule is N#Cc1ccc(NC(=O)CSc2ncccc2Br)cc1. The molecule has 0 bridgehead atoms. The van der Waals surface area contributed by atoms with Crippen molar-refractivity contribution in [3.05, 3.63) is 52.6 Å². The molecule has 100 valence electrons. The van der Waals surface area contributed by atoms with E-state index < -0.39 is 0 Å². The largest absolute Gasteiger partial charge is 0.325 e. The lowest BCUT2D eigenvalue weighted by Crippen LogP contribution is -2.14. The Morgan fingerprint density at radius 2 is 2.10 bits per heavy atom. The second-order valence-corrected chi connectivity index (χ2v) is 5.63. The van der Waals surface area contributed by atoms with Crippen molar-refractivity contribution in [3.63, 3.8) is 0 Å². The Balaban J connectivity index is 1.89. The number of pyridine rings is 1. The summed E-state index contributed by atoms with van der Waals surface area (Å²) in [5.41, 5.74) is 1.24. The predicted molar refractivity (Wildman–Crippen MR) is 82.4 cm³/mol. The molecule has 0 aliphatic heterocycles. The van der Waals surface area contributed by atoms with Crippen LogP contribution < -0.4 is 5.32 Å². The lowest BCUT2D eigenvalue weighted by Gasteiger charge is -2.05. The Bertz CT molecular complexity index is 652. The van der Waals surface area contributed by atoms with E-state index in [1.54, 1.807) is 30.5 Å². The Kier molecular flexibility index (Phi) is 5.16. The molecule has 2 aromatic rings. The van der Waals surface area contributed by atoms with Gasteiger partial charge in [-0.05, 0) is 52.3 Å². The van der Waals surface area contributed by atoms with Gasteiger partial charge in [-0.25, -0.2) is 4.98 Å². The normalized spacial score (nSPS) is 9.80. The number of hydrogen-bond donors (Lipinski definition) is 1. The first-order valence-corrected chi connectivity index (χ1v) is 7.50. The van der Waals surface area contributed by atoms with Crippen LogP contribution in [0, 0.1) is 11.3 Å². The van der Waals surface area contributed by atoms with E-state index in [0.29, 0.717) is 11.3 Å². The molecule has 0 aliphatic rings. The van der Waals surface area contributed by atoms with Crippen LogP contribution in [0.2, 0.25) is 0 Å². The van der Waals surface area contributed by atoms with Gasteiger partial charge in [0.1, 0.15) is 5.03 Å².